The van der Waals surface area contributed by atoms with Gasteiger partial charge in [-0.3, -0.25) is 9.59 Å². The average Bonchev–Trinajstić information content (AvgIpc) is 3.58. The van der Waals surface area contributed by atoms with Gasteiger partial charge in [0.05, 0.1) is 24.7 Å². The molecule has 0 unspecified atom stereocenters. The number of benzene rings is 1. The van der Waals surface area contributed by atoms with Gasteiger partial charge in [0.1, 0.15) is 18.0 Å². The Kier molecular flexibility index (Phi) is 7.36. The first-order chi connectivity index (χ1) is 15.9. The van der Waals surface area contributed by atoms with Gasteiger partial charge in [-0.2, -0.15) is 0 Å². The lowest BCUT2D eigenvalue weighted by atomic mass is 9.77. The SMILES string of the molecule is CC(C)OCCCN(C(=O)C1CC1)[C@@H]1C=C(C(=O)NCCO)[C@@H]2c3ccccc3O[C@@H]2[C@H]1O. The summed E-state index contributed by atoms with van der Waals surface area (Å²) in [6, 6.07) is 6.78. The summed E-state index contributed by atoms with van der Waals surface area (Å²) >= 11 is 0. The van der Waals surface area contributed by atoms with E-state index in [0.29, 0.717) is 30.9 Å². The summed E-state index contributed by atoms with van der Waals surface area (Å²) in [5.41, 5.74) is 1.30. The van der Waals surface area contributed by atoms with Crippen LogP contribution in [0.4, 0.5) is 0 Å². The number of carbonyl (C=O) groups is 2. The Hall–Kier alpha value is -2.42. The predicted molar refractivity (Wildman–Crippen MR) is 122 cm³/mol. The number of hydrogen-bond acceptors (Lipinski definition) is 6. The topological polar surface area (TPSA) is 108 Å². The lowest BCUT2D eigenvalue weighted by molar-refractivity contribution is -0.138. The molecule has 0 bridgehead atoms. The van der Waals surface area contributed by atoms with Crippen LogP contribution in [-0.2, 0) is 14.3 Å². The molecule has 2 amide bonds. The third-order valence-corrected chi connectivity index (χ3v) is 6.44. The molecule has 180 valence electrons. The minimum Gasteiger partial charge on any atom is -0.486 e. The van der Waals surface area contributed by atoms with Crippen molar-refractivity contribution in [3.05, 3.63) is 41.5 Å². The van der Waals surface area contributed by atoms with Crippen LogP contribution in [0.2, 0.25) is 0 Å². The van der Waals surface area contributed by atoms with E-state index in [2.05, 4.69) is 5.32 Å². The van der Waals surface area contributed by atoms with Crippen molar-refractivity contribution in [3.8, 4) is 5.75 Å². The van der Waals surface area contributed by atoms with Gasteiger partial charge in [-0.1, -0.05) is 18.2 Å². The van der Waals surface area contributed by atoms with Crippen LogP contribution in [0.1, 0.15) is 44.6 Å². The van der Waals surface area contributed by atoms with Crippen molar-refractivity contribution in [1.82, 2.24) is 10.2 Å². The molecule has 1 aliphatic heterocycles. The zero-order chi connectivity index (χ0) is 23.5. The summed E-state index contributed by atoms with van der Waals surface area (Å²) < 4.78 is 11.8. The molecule has 4 atom stereocenters. The second-order valence-corrected chi connectivity index (χ2v) is 9.26. The van der Waals surface area contributed by atoms with Crippen LogP contribution in [-0.4, -0.2) is 77.6 Å². The van der Waals surface area contributed by atoms with E-state index in [1.54, 1.807) is 11.0 Å². The van der Waals surface area contributed by atoms with Gasteiger partial charge >= 0.3 is 0 Å². The second-order valence-electron chi connectivity index (χ2n) is 9.26. The third-order valence-electron chi connectivity index (χ3n) is 6.44. The zero-order valence-corrected chi connectivity index (χ0v) is 19.3. The maximum absolute atomic E-state index is 13.2. The smallest absolute Gasteiger partial charge is 0.247 e. The van der Waals surface area contributed by atoms with Gasteiger partial charge in [0.2, 0.25) is 11.8 Å². The number of rotatable bonds is 10. The first-order valence-corrected chi connectivity index (χ1v) is 11.9. The minimum absolute atomic E-state index is 0.00363. The van der Waals surface area contributed by atoms with Crippen LogP contribution in [0.5, 0.6) is 5.75 Å². The lowest BCUT2D eigenvalue weighted by Crippen LogP contribution is -2.56. The summed E-state index contributed by atoms with van der Waals surface area (Å²) in [5, 5.41) is 23.3. The highest BCUT2D eigenvalue weighted by atomic mass is 16.5. The highest BCUT2D eigenvalue weighted by Crippen LogP contribution is 2.47. The Morgan fingerprint density at radius 3 is 2.73 bits per heavy atom. The molecule has 0 spiro atoms. The Labute approximate surface area is 194 Å². The number of nitrogens with zero attached hydrogens (tertiary/aromatic N) is 1. The van der Waals surface area contributed by atoms with Crippen LogP contribution in [0.3, 0.4) is 0 Å². The molecule has 2 aliphatic carbocycles. The fraction of sp³-hybridized carbons (Fsp3) is 0.600. The van der Waals surface area contributed by atoms with Crippen LogP contribution in [0.15, 0.2) is 35.9 Å². The van der Waals surface area contributed by atoms with Crippen molar-refractivity contribution in [2.75, 3.05) is 26.3 Å². The number of aliphatic hydroxyl groups excluding tert-OH is 2. The molecule has 4 rings (SSSR count). The quantitative estimate of drug-likeness (QED) is 0.457. The molecule has 8 nitrogen and oxygen atoms in total. The molecule has 1 heterocycles. The van der Waals surface area contributed by atoms with E-state index in [1.807, 2.05) is 38.1 Å². The standard InChI is InChI=1S/C25H34N2O6/c1-15(2)32-13-5-11-27(25(31)16-8-9-16)19-14-18(24(30)26-10-12-28)21-17-6-3-4-7-20(17)33-23(21)22(19)29/h3-4,6-7,14-16,19,21-23,28-29H,5,8-13H2,1-2H3,(H,26,30)/t19-,21+,22+,23+/m1/s1. The lowest BCUT2D eigenvalue weighted by Gasteiger charge is -2.41. The molecule has 0 saturated heterocycles. The van der Waals surface area contributed by atoms with Crippen molar-refractivity contribution in [1.29, 1.82) is 0 Å². The van der Waals surface area contributed by atoms with E-state index in [0.717, 1.165) is 18.4 Å². The van der Waals surface area contributed by atoms with Gasteiger partial charge in [-0.15, -0.1) is 0 Å². The molecule has 3 N–H and O–H groups in total. The summed E-state index contributed by atoms with van der Waals surface area (Å²) in [7, 11) is 0. The maximum Gasteiger partial charge on any atom is 0.247 e. The fourth-order valence-corrected chi connectivity index (χ4v) is 4.72. The highest BCUT2D eigenvalue weighted by Gasteiger charge is 2.51. The second kappa shape index (κ2) is 10.2. The van der Waals surface area contributed by atoms with Gasteiger partial charge in [0.15, 0.2) is 0 Å². The number of fused-ring (bicyclic) bond motifs is 3. The first-order valence-electron chi connectivity index (χ1n) is 11.9. The van der Waals surface area contributed by atoms with Crippen molar-refractivity contribution in [2.24, 2.45) is 5.92 Å². The van der Waals surface area contributed by atoms with Gasteiger partial charge < -0.3 is 29.9 Å². The van der Waals surface area contributed by atoms with E-state index in [1.165, 1.54) is 0 Å². The van der Waals surface area contributed by atoms with Crippen molar-refractivity contribution in [3.63, 3.8) is 0 Å². The maximum atomic E-state index is 13.2. The molecule has 8 heteroatoms. The van der Waals surface area contributed by atoms with E-state index in [9.17, 15) is 19.8 Å². The Balaban J connectivity index is 1.64. The largest absolute Gasteiger partial charge is 0.486 e. The summed E-state index contributed by atoms with van der Waals surface area (Å²) in [6.45, 7) is 4.82. The Morgan fingerprint density at radius 2 is 2.03 bits per heavy atom. The van der Waals surface area contributed by atoms with Crippen LogP contribution in [0.25, 0.3) is 0 Å². The molecule has 1 aromatic rings. The Morgan fingerprint density at radius 1 is 1.27 bits per heavy atom. The van der Waals surface area contributed by atoms with Crippen molar-refractivity contribution in [2.45, 2.75) is 63.4 Å². The summed E-state index contributed by atoms with van der Waals surface area (Å²) in [6.07, 6.45) is 2.51. The summed E-state index contributed by atoms with van der Waals surface area (Å²) in [4.78, 5) is 28.0. The predicted octanol–water partition coefficient (Wildman–Crippen LogP) is 1.36. The molecular weight excluding hydrogens is 424 g/mol. The number of ether oxygens (including phenoxy) is 2. The number of carbonyl (C=O) groups excluding carboxylic acids is 2. The molecule has 33 heavy (non-hydrogen) atoms. The van der Waals surface area contributed by atoms with E-state index in [4.69, 9.17) is 9.47 Å². The number of aliphatic hydroxyl groups is 2. The van der Waals surface area contributed by atoms with E-state index in [-0.39, 0.29) is 37.0 Å². The highest BCUT2D eigenvalue weighted by molar-refractivity contribution is 5.96. The van der Waals surface area contributed by atoms with Crippen LogP contribution in [0, 0.1) is 5.92 Å². The van der Waals surface area contributed by atoms with E-state index < -0.39 is 24.2 Å². The van der Waals surface area contributed by atoms with E-state index >= 15 is 0 Å². The number of nitrogens with one attached hydrogen (secondary N) is 1. The zero-order valence-electron chi connectivity index (χ0n) is 19.3. The van der Waals surface area contributed by atoms with Crippen molar-refractivity contribution < 1.29 is 29.3 Å². The number of para-hydroxylation sites is 1. The van der Waals surface area contributed by atoms with Crippen LogP contribution < -0.4 is 10.1 Å². The monoisotopic (exact) mass is 458 g/mol. The minimum atomic E-state index is -0.981. The van der Waals surface area contributed by atoms with Gasteiger partial charge in [-0.25, -0.2) is 0 Å². The Bertz CT molecular complexity index is 897. The molecule has 1 aromatic carbocycles. The molecule has 3 aliphatic rings. The molecular formula is C25H34N2O6. The molecule has 1 fully saturated rings. The fourth-order valence-electron chi connectivity index (χ4n) is 4.72. The van der Waals surface area contributed by atoms with Gasteiger partial charge in [0.25, 0.3) is 0 Å². The van der Waals surface area contributed by atoms with Gasteiger partial charge in [0, 0.05) is 36.8 Å². The molecule has 0 aromatic heterocycles. The molecule has 1 saturated carbocycles. The number of hydrogen-bond donors (Lipinski definition) is 3. The number of amides is 2. The first kappa shape index (κ1) is 23.7. The van der Waals surface area contributed by atoms with Gasteiger partial charge in [-0.05, 0) is 45.3 Å². The summed E-state index contributed by atoms with van der Waals surface area (Å²) in [5.74, 6) is -0.142. The molecule has 0 radical (unpaired) electrons. The third kappa shape index (κ3) is 5.08. The normalized spacial score (nSPS) is 25.7. The van der Waals surface area contributed by atoms with Crippen molar-refractivity contribution >= 4 is 11.8 Å². The average molecular weight is 459 g/mol. The van der Waals surface area contributed by atoms with Crippen LogP contribution >= 0.6 is 0 Å².